The van der Waals surface area contributed by atoms with Gasteiger partial charge in [-0.1, -0.05) is 0 Å². The molecule has 0 atom stereocenters. The number of pyridine rings is 1. The van der Waals surface area contributed by atoms with Crippen molar-refractivity contribution in [2.75, 3.05) is 0 Å². The van der Waals surface area contributed by atoms with E-state index in [4.69, 9.17) is 5.90 Å². The molecule has 4 heteroatoms. The minimum atomic E-state index is 0.546. The second kappa shape index (κ2) is 2.80. The molecule has 0 fully saturated rings. The van der Waals surface area contributed by atoms with Gasteiger partial charge in [-0.05, 0) is 15.9 Å². The molecule has 9 heavy (non-hydrogen) atoms. The van der Waals surface area contributed by atoms with Crippen molar-refractivity contribution in [3.63, 3.8) is 0 Å². The van der Waals surface area contributed by atoms with Gasteiger partial charge in [0.2, 0.25) is 0 Å². The zero-order valence-corrected chi connectivity index (χ0v) is 6.13. The standard InChI is InChI=1S/C5H5BrN2O/c6-4-1-5(9-7)3-8-2-4/h1-3H,7H2. The van der Waals surface area contributed by atoms with Gasteiger partial charge in [-0.25, -0.2) is 0 Å². The SMILES string of the molecule is NOc1cncc(Br)c1. The molecule has 0 spiro atoms. The molecule has 0 saturated carbocycles. The minimum Gasteiger partial charge on any atom is -0.410 e. The van der Waals surface area contributed by atoms with Gasteiger partial charge in [0.1, 0.15) is 0 Å². The third-order valence-corrected chi connectivity index (χ3v) is 1.25. The predicted molar refractivity (Wildman–Crippen MR) is 36.8 cm³/mol. The first-order valence-corrected chi connectivity index (χ1v) is 3.09. The van der Waals surface area contributed by atoms with Gasteiger partial charge < -0.3 is 4.84 Å². The minimum absolute atomic E-state index is 0.546. The van der Waals surface area contributed by atoms with E-state index in [9.17, 15) is 0 Å². The molecule has 1 aromatic heterocycles. The van der Waals surface area contributed by atoms with Crippen LogP contribution in [0.4, 0.5) is 0 Å². The molecular weight excluding hydrogens is 184 g/mol. The van der Waals surface area contributed by atoms with Crippen LogP contribution >= 0.6 is 15.9 Å². The van der Waals surface area contributed by atoms with Gasteiger partial charge >= 0.3 is 0 Å². The normalized spacial score (nSPS) is 9.11. The van der Waals surface area contributed by atoms with Crippen molar-refractivity contribution in [3.05, 3.63) is 22.9 Å². The smallest absolute Gasteiger partial charge is 0.166 e. The van der Waals surface area contributed by atoms with Crippen LogP contribution in [-0.2, 0) is 0 Å². The number of aromatic nitrogens is 1. The van der Waals surface area contributed by atoms with Gasteiger partial charge in [0.15, 0.2) is 5.75 Å². The van der Waals surface area contributed by atoms with Crippen molar-refractivity contribution in [2.24, 2.45) is 5.90 Å². The van der Waals surface area contributed by atoms with E-state index in [1.807, 2.05) is 0 Å². The van der Waals surface area contributed by atoms with Crippen molar-refractivity contribution in [3.8, 4) is 5.75 Å². The summed E-state index contributed by atoms with van der Waals surface area (Å²) in [5.41, 5.74) is 0. The maximum absolute atomic E-state index is 4.86. The molecule has 0 amide bonds. The number of hydrogen-bond donors (Lipinski definition) is 1. The summed E-state index contributed by atoms with van der Waals surface area (Å²) in [6.45, 7) is 0. The van der Waals surface area contributed by atoms with Gasteiger partial charge in [0.05, 0.1) is 6.20 Å². The number of nitrogens with zero attached hydrogens (tertiary/aromatic N) is 1. The first kappa shape index (κ1) is 6.51. The molecular formula is C5H5BrN2O. The molecule has 0 saturated heterocycles. The number of rotatable bonds is 1. The van der Waals surface area contributed by atoms with Gasteiger partial charge in [-0.15, -0.1) is 0 Å². The highest BCUT2D eigenvalue weighted by molar-refractivity contribution is 9.10. The molecule has 0 radical (unpaired) electrons. The Balaban J connectivity index is 2.94. The lowest BCUT2D eigenvalue weighted by atomic mass is 10.5. The van der Waals surface area contributed by atoms with E-state index >= 15 is 0 Å². The third-order valence-electron chi connectivity index (χ3n) is 0.816. The average Bonchev–Trinajstić information content (AvgIpc) is 1.88. The molecule has 1 aromatic rings. The Morgan fingerprint density at radius 1 is 1.56 bits per heavy atom. The Bertz CT molecular complexity index is 204. The van der Waals surface area contributed by atoms with E-state index < -0.39 is 0 Å². The third kappa shape index (κ3) is 1.65. The Kier molecular flexibility index (Phi) is 2.02. The van der Waals surface area contributed by atoms with Gasteiger partial charge in [-0.2, -0.15) is 5.90 Å². The molecule has 0 unspecified atom stereocenters. The largest absolute Gasteiger partial charge is 0.410 e. The number of nitrogens with two attached hydrogens (primary N) is 1. The molecule has 0 aliphatic heterocycles. The van der Waals surface area contributed by atoms with E-state index in [2.05, 4.69) is 25.8 Å². The summed E-state index contributed by atoms with van der Waals surface area (Å²) in [4.78, 5) is 8.21. The summed E-state index contributed by atoms with van der Waals surface area (Å²) in [5.74, 6) is 5.40. The second-order valence-corrected chi connectivity index (χ2v) is 2.37. The molecule has 3 nitrogen and oxygen atoms in total. The lowest BCUT2D eigenvalue weighted by molar-refractivity contribution is 0.333. The van der Waals surface area contributed by atoms with Crippen molar-refractivity contribution in [1.82, 2.24) is 4.98 Å². The summed E-state index contributed by atoms with van der Waals surface area (Å²) >= 11 is 3.20. The van der Waals surface area contributed by atoms with Crippen LogP contribution in [0.5, 0.6) is 5.75 Å². The summed E-state index contributed by atoms with van der Waals surface area (Å²) in [6.07, 6.45) is 3.19. The second-order valence-electron chi connectivity index (χ2n) is 1.46. The first-order chi connectivity index (χ1) is 4.33. The van der Waals surface area contributed by atoms with Crippen LogP contribution in [0.3, 0.4) is 0 Å². The van der Waals surface area contributed by atoms with E-state index in [0.29, 0.717) is 5.75 Å². The number of hydrogen-bond acceptors (Lipinski definition) is 3. The molecule has 0 aromatic carbocycles. The van der Waals surface area contributed by atoms with Crippen LogP contribution in [0.1, 0.15) is 0 Å². The summed E-state index contributed by atoms with van der Waals surface area (Å²) in [7, 11) is 0. The molecule has 2 N–H and O–H groups in total. The Hall–Kier alpha value is -0.610. The zero-order chi connectivity index (χ0) is 6.69. The molecule has 0 bridgehead atoms. The van der Waals surface area contributed by atoms with Crippen LogP contribution in [0.2, 0.25) is 0 Å². The van der Waals surface area contributed by atoms with Crippen molar-refractivity contribution < 1.29 is 4.84 Å². The Labute approximate surface area is 60.9 Å². The van der Waals surface area contributed by atoms with Crippen LogP contribution in [0, 0.1) is 0 Å². The summed E-state index contributed by atoms with van der Waals surface area (Å²) in [6, 6.07) is 1.73. The molecule has 1 heterocycles. The Morgan fingerprint density at radius 2 is 2.33 bits per heavy atom. The van der Waals surface area contributed by atoms with Crippen molar-refractivity contribution >= 4 is 15.9 Å². The van der Waals surface area contributed by atoms with E-state index in [1.165, 1.54) is 6.20 Å². The lowest BCUT2D eigenvalue weighted by Crippen LogP contribution is -2.01. The van der Waals surface area contributed by atoms with E-state index in [1.54, 1.807) is 12.3 Å². The highest BCUT2D eigenvalue weighted by atomic mass is 79.9. The highest BCUT2D eigenvalue weighted by Gasteiger charge is 1.90. The van der Waals surface area contributed by atoms with Crippen LogP contribution in [0.25, 0.3) is 0 Å². The topological polar surface area (TPSA) is 48.1 Å². The molecule has 0 aliphatic rings. The lowest BCUT2D eigenvalue weighted by Gasteiger charge is -1.94. The van der Waals surface area contributed by atoms with Crippen molar-refractivity contribution in [2.45, 2.75) is 0 Å². The van der Waals surface area contributed by atoms with Crippen LogP contribution in [-0.4, -0.2) is 4.98 Å². The van der Waals surface area contributed by atoms with Gasteiger partial charge in [0.25, 0.3) is 0 Å². The van der Waals surface area contributed by atoms with Crippen LogP contribution in [0.15, 0.2) is 22.9 Å². The highest BCUT2D eigenvalue weighted by Crippen LogP contribution is 2.13. The van der Waals surface area contributed by atoms with Gasteiger partial charge in [0, 0.05) is 16.7 Å². The fourth-order valence-corrected chi connectivity index (χ4v) is 0.801. The predicted octanol–water partition coefficient (Wildman–Crippen LogP) is 1.10. The van der Waals surface area contributed by atoms with Crippen molar-refractivity contribution in [1.29, 1.82) is 0 Å². The maximum Gasteiger partial charge on any atom is 0.166 e. The maximum atomic E-state index is 4.86. The monoisotopic (exact) mass is 188 g/mol. The first-order valence-electron chi connectivity index (χ1n) is 2.30. The fraction of sp³-hybridized carbons (Fsp3) is 0. The summed E-state index contributed by atoms with van der Waals surface area (Å²) in [5, 5.41) is 0. The average molecular weight is 189 g/mol. The number of halogens is 1. The molecule has 1 rings (SSSR count). The van der Waals surface area contributed by atoms with E-state index in [-0.39, 0.29) is 0 Å². The summed E-state index contributed by atoms with van der Waals surface area (Å²) < 4.78 is 0.852. The molecule has 48 valence electrons. The quantitative estimate of drug-likeness (QED) is 0.672. The van der Waals surface area contributed by atoms with E-state index in [0.717, 1.165) is 4.47 Å². The van der Waals surface area contributed by atoms with Crippen LogP contribution < -0.4 is 10.7 Å². The fourth-order valence-electron chi connectivity index (χ4n) is 0.457. The van der Waals surface area contributed by atoms with Gasteiger partial charge in [-0.3, -0.25) is 4.98 Å². The Morgan fingerprint density at radius 3 is 2.78 bits per heavy atom. The zero-order valence-electron chi connectivity index (χ0n) is 4.54. The molecule has 0 aliphatic carbocycles.